The van der Waals surface area contributed by atoms with E-state index in [1.54, 1.807) is 6.07 Å². The molecule has 1 aromatic carbocycles. The molecule has 0 aromatic heterocycles. The van der Waals surface area contributed by atoms with Crippen LogP contribution in [-0.2, 0) is 14.4 Å². The fraction of sp³-hybridized carbons (Fsp3) is 0.476. The summed E-state index contributed by atoms with van der Waals surface area (Å²) in [5, 5.41) is 0. The number of imide groups is 1. The van der Waals surface area contributed by atoms with Crippen molar-refractivity contribution in [2.45, 2.75) is 46.0 Å². The lowest BCUT2D eigenvalue weighted by Gasteiger charge is -2.15. The molecule has 0 saturated carbocycles. The van der Waals surface area contributed by atoms with E-state index in [1.807, 2.05) is 31.2 Å². The van der Waals surface area contributed by atoms with Crippen molar-refractivity contribution >= 4 is 17.8 Å². The van der Waals surface area contributed by atoms with Crippen LogP contribution in [0.5, 0.6) is 5.75 Å². The number of rotatable bonds is 5. The number of ether oxygens (including phenoxy) is 1. The molecule has 0 spiro atoms. The summed E-state index contributed by atoms with van der Waals surface area (Å²) < 4.78 is 5.38. The number of amides is 2. The van der Waals surface area contributed by atoms with Crippen molar-refractivity contribution in [1.82, 2.24) is 4.90 Å². The van der Waals surface area contributed by atoms with Crippen LogP contribution in [0, 0.1) is 18.8 Å². The Balaban J connectivity index is 1.57. The van der Waals surface area contributed by atoms with Gasteiger partial charge in [0, 0.05) is 6.54 Å². The number of hydrogen-bond acceptors (Lipinski definition) is 4. The van der Waals surface area contributed by atoms with Crippen LogP contribution in [0.3, 0.4) is 0 Å². The largest absolute Gasteiger partial charge is 0.426 e. The number of hydrogen-bond donors (Lipinski definition) is 0. The summed E-state index contributed by atoms with van der Waals surface area (Å²) in [6.45, 7) is 6.31. The molecule has 5 heteroatoms. The van der Waals surface area contributed by atoms with E-state index >= 15 is 0 Å². The third-order valence-electron chi connectivity index (χ3n) is 5.23. The summed E-state index contributed by atoms with van der Waals surface area (Å²) >= 11 is 0. The van der Waals surface area contributed by atoms with Crippen LogP contribution in [-0.4, -0.2) is 29.2 Å². The molecule has 2 atom stereocenters. The second-order valence-electron chi connectivity index (χ2n) is 7.38. The van der Waals surface area contributed by atoms with Crippen LogP contribution in [0.1, 0.15) is 50.2 Å². The number of carbonyl (C=O) groups excluding carboxylic acids is 3. The first-order valence-corrected chi connectivity index (χ1v) is 9.20. The standard InChI is InChI=1S/C21H25NO4/c1-13(2)16-9-8-15(12-14(16)3)26-19(23)10-11-22-20(24)17-6-4-5-7-18(17)21(22)25/h4-5,8-9,12-13,17-18H,6-7,10-11H2,1-3H3/t17-,18-/m1/s1. The van der Waals surface area contributed by atoms with Crippen LogP contribution >= 0.6 is 0 Å². The molecule has 1 fully saturated rings. The third-order valence-corrected chi connectivity index (χ3v) is 5.23. The summed E-state index contributed by atoms with van der Waals surface area (Å²) in [6.07, 6.45) is 5.13. The van der Waals surface area contributed by atoms with Crippen molar-refractivity contribution in [1.29, 1.82) is 0 Å². The van der Waals surface area contributed by atoms with Crippen molar-refractivity contribution < 1.29 is 19.1 Å². The molecule has 1 aliphatic heterocycles. The molecule has 26 heavy (non-hydrogen) atoms. The van der Waals surface area contributed by atoms with E-state index in [0.29, 0.717) is 24.5 Å². The SMILES string of the molecule is Cc1cc(OC(=O)CCN2C(=O)[C@@H]3CC=CC[C@H]3C2=O)ccc1C(C)C. The van der Waals surface area contributed by atoms with Gasteiger partial charge in [0.05, 0.1) is 18.3 Å². The van der Waals surface area contributed by atoms with Gasteiger partial charge in [-0.2, -0.15) is 0 Å². The highest BCUT2D eigenvalue weighted by Crippen LogP contribution is 2.35. The van der Waals surface area contributed by atoms with Gasteiger partial charge in [-0.15, -0.1) is 0 Å². The lowest BCUT2D eigenvalue weighted by Crippen LogP contribution is -2.33. The Bertz CT molecular complexity index is 739. The Hall–Kier alpha value is -2.43. The fourth-order valence-electron chi connectivity index (χ4n) is 3.83. The molecular formula is C21H25NO4. The molecule has 3 rings (SSSR count). The van der Waals surface area contributed by atoms with Crippen LogP contribution in [0.2, 0.25) is 0 Å². The highest BCUT2D eigenvalue weighted by molar-refractivity contribution is 6.05. The molecule has 0 radical (unpaired) electrons. The maximum Gasteiger partial charge on any atom is 0.312 e. The van der Waals surface area contributed by atoms with Gasteiger partial charge in [-0.3, -0.25) is 19.3 Å². The number of carbonyl (C=O) groups is 3. The second-order valence-corrected chi connectivity index (χ2v) is 7.38. The summed E-state index contributed by atoms with van der Waals surface area (Å²) in [7, 11) is 0. The van der Waals surface area contributed by atoms with Gasteiger partial charge in [-0.25, -0.2) is 0 Å². The number of benzene rings is 1. The first kappa shape index (κ1) is 18.4. The molecular weight excluding hydrogens is 330 g/mol. The average molecular weight is 355 g/mol. The molecule has 1 heterocycles. The average Bonchev–Trinajstić information content (AvgIpc) is 2.84. The predicted octanol–water partition coefficient (Wildman–Crippen LogP) is 3.37. The maximum absolute atomic E-state index is 12.4. The Kier molecular flexibility index (Phi) is 5.25. The molecule has 1 aromatic rings. The minimum absolute atomic E-state index is 0.00925. The first-order chi connectivity index (χ1) is 12.4. The van der Waals surface area contributed by atoms with Gasteiger partial charge < -0.3 is 4.74 Å². The van der Waals surface area contributed by atoms with E-state index in [1.165, 1.54) is 10.5 Å². The summed E-state index contributed by atoms with van der Waals surface area (Å²) in [4.78, 5) is 38.1. The van der Waals surface area contributed by atoms with E-state index in [-0.39, 0.29) is 36.6 Å². The van der Waals surface area contributed by atoms with Crippen molar-refractivity contribution in [2.24, 2.45) is 11.8 Å². The van der Waals surface area contributed by atoms with Gasteiger partial charge >= 0.3 is 5.97 Å². The van der Waals surface area contributed by atoms with E-state index in [4.69, 9.17) is 4.74 Å². The lowest BCUT2D eigenvalue weighted by molar-refractivity contribution is -0.141. The molecule has 0 bridgehead atoms. The molecule has 0 N–H and O–H groups in total. The Labute approximate surface area is 154 Å². The Morgan fingerprint density at radius 1 is 1.15 bits per heavy atom. The van der Waals surface area contributed by atoms with Gasteiger partial charge in [0.2, 0.25) is 11.8 Å². The lowest BCUT2D eigenvalue weighted by atomic mass is 9.85. The number of allylic oxidation sites excluding steroid dienone is 2. The summed E-state index contributed by atoms with van der Waals surface area (Å²) in [6, 6.07) is 5.60. The zero-order valence-corrected chi connectivity index (χ0v) is 15.5. The van der Waals surface area contributed by atoms with Crippen LogP contribution in [0.4, 0.5) is 0 Å². The molecule has 0 unspecified atom stereocenters. The topological polar surface area (TPSA) is 63.7 Å². The fourth-order valence-corrected chi connectivity index (χ4v) is 3.83. The monoisotopic (exact) mass is 355 g/mol. The summed E-state index contributed by atoms with van der Waals surface area (Å²) in [5.74, 6) is -0.359. The van der Waals surface area contributed by atoms with E-state index < -0.39 is 5.97 Å². The molecule has 2 aliphatic rings. The Morgan fingerprint density at radius 3 is 2.31 bits per heavy atom. The van der Waals surface area contributed by atoms with E-state index in [0.717, 1.165) is 5.56 Å². The van der Waals surface area contributed by atoms with Gasteiger partial charge in [-0.05, 0) is 48.9 Å². The quantitative estimate of drug-likeness (QED) is 0.352. The molecule has 1 saturated heterocycles. The van der Waals surface area contributed by atoms with Crippen molar-refractivity contribution in [3.8, 4) is 5.75 Å². The Morgan fingerprint density at radius 2 is 1.77 bits per heavy atom. The molecule has 5 nitrogen and oxygen atoms in total. The van der Waals surface area contributed by atoms with Crippen molar-refractivity contribution in [2.75, 3.05) is 6.54 Å². The molecule has 1 aliphatic carbocycles. The highest BCUT2D eigenvalue weighted by Gasteiger charge is 2.46. The zero-order valence-electron chi connectivity index (χ0n) is 15.5. The van der Waals surface area contributed by atoms with Crippen LogP contribution in [0.25, 0.3) is 0 Å². The minimum Gasteiger partial charge on any atom is -0.426 e. The number of esters is 1. The predicted molar refractivity (Wildman–Crippen MR) is 97.6 cm³/mol. The number of fused-ring (bicyclic) bond motifs is 1. The first-order valence-electron chi connectivity index (χ1n) is 9.20. The number of nitrogens with zero attached hydrogens (tertiary/aromatic N) is 1. The molecule has 2 amide bonds. The summed E-state index contributed by atoms with van der Waals surface area (Å²) in [5.41, 5.74) is 2.29. The van der Waals surface area contributed by atoms with Crippen LogP contribution in [0.15, 0.2) is 30.4 Å². The molecule has 138 valence electrons. The van der Waals surface area contributed by atoms with E-state index in [2.05, 4.69) is 13.8 Å². The normalized spacial score (nSPS) is 22.1. The second kappa shape index (κ2) is 7.44. The maximum atomic E-state index is 12.4. The zero-order chi connectivity index (χ0) is 18.8. The van der Waals surface area contributed by atoms with Crippen LogP contribution < -0.4 is 4.74 Å². The van der Waals surface area contributed by atoms with Gasteiger partial charge in [0.15, 0.2) is 0 Å². The number of aryl methyl sites for hydroxylation is 1. The highest BCUT2D eigenvalue weighted by atomic mass is 16.5. The van der Waals surface area contributed by atoms with Gasteiger partial charge in [0.1, 0.15) is 5.75 Å². The third kappa shape index (κ3) is 3.57. The van der Waals surface area contributed by atoms with Crippen molar-refractivity contribution in [3.63, 3.8) is 0 Å². The van der Waals surface area contributed by atoms with Crippen molar-refractivity contribution in [3.05, 3.63) is 41.5 Å². The smallest absolute Gasteiger partial charge is 0.312 e. The van der Waals surface area contributed by atoms with E-state index in [9.17, 15) is 14.4 Å². The minimum atomic E-state index is -0.435. The van der Waals surface area contributed by atoms with Gasteiger partial charge in [0.25, 0.3) is 0 Å². The number of likely N-dealkylation sites (tertiary alicyclic amines) is 1. The van der Waals surface area contributed by atoms with Gasteiger partial charge in [-0.1, -0.05) is 32.1 Å².